The molecular weight excluding hydrogens is 276 g/mol. The van der Waals surface area contributed by atoms with Gasteiger partial charge in [-0.2, -0.15) is 5.10 Å². The summed E-state index contributed by atoms with van der Waals surface area (Å²) in [6, 6.07) is 5.85. The van der Waals surface area contributed by atoms with E-state index in [0.717, 1.165) is 36.2 Å². The Morgan fingerprint density at radius 1 is 1.45 bits per heavy atom. The molecule has 5 nitrogen and oxygen atoms in total. The molecule has 0 saturated heterocycles. The van der Waals surface area contributed by atoms with Gasteiger partial charge in [0.25, 0.3) is 5.91 Å². The van der Waals surface area contributed by atoms with Gasteiger partial charge in [0, 0.05) is 31.4 Å². The van der Waals surface area contributed by atoms with E-state index < -0.39 is 0 Å². The zero-order valence-corrected chi connectivity index (χ0v) is 13.8. The third-order valence-corrected chi connectivity index (χ3v) is 3.66. The Morgan fingerprint density at radius 3 is 2.91 bits per heavy atom. The summed E-state index contributed by atoms with van der Waals surface area (Å²) in [4.78, 5) is 16.8. The van der Waals surface area contributed by atoms with E-state index in [1.54, 1.807) is 10.9 Å². The van der Waals surface area contributed by atoms with Crippen molar-refractivity contribution in [2.24, 2.45) is 7.05 Å². The van der Waals surface area contributed by atoms with Crippen molar-refractivity contribution in [2.75, 3.05) is 0 Å². The van der Waals surface area contributed by atoms with Gasteiger partial charge in [0.05, 0.1) is 5.69 Å². The second kappa shape index (κ2) is 7.20. The van der Waals surface area contributed by atoms with E-state index in [2.05, 4.69) is 22.3 Å². The van der Waals surface area contributed by atoms with Crippen LogP contribution in [0.2, 0.25) is 0 Å². The van der Waals surface area contributed by atoms with Crippen LogP contribution in [0.5, 0.6) is 0 Å². The van der Waals surface area contributed by atoms with Crippen LogP contribution in [0.1, 0.15) is 47.7 Å². The summed E-state index contributed by atoms with van der Waals surface area (Å²) in [5.74, 6) is -0.0848. The summed E-state index contributed by atoms with van der Waals surface area (Å²) in [6.45, 7) is 6.13. The van der Waals surface area contributed by atoms with Crippen molar-refractivity contribution < 1.29 is 4.79 Å². The number of aryl methyl sites for hydroxylation is 3. The summed E-state index contributed by atoms with van der Waals surface area (Å²) < 4.78 is 1.65. The lowest BCUT2D eigenvalue weighted by atomic mass is 10.1. The molecule has 0 aliphatic carbocycles. The molecule has 0 aliphatic heterocycles. The first-order valence-corrected chi connectivity index (χ1v) is 7.75. The first kappa shape index (κ1) is 16.2. The Bertz CT molecular complexity index is 648. The van der Waals surface area contributed by atoms with Crippen LogP contribution in [0, 0.1) is 6.92 Å². The van der Waals surface area contributed by atoms with Gasteiger partial charge in [0.1, 0.15) is 5.69 Å². The van der Waals surface area contributed by atoms with Gasteiger partial charge in [-0.25, -0.2) is 0 Å². The number of amides is 1. The molecule has 2 aromatic heterocycles. The van der Waals surface area contributed by atoms with Crippen LogP contribution in [-0.2, 0) is 19.9 Å². The molecule has 1 N–H and O–H groups in total. The van der Waals surface area contributed by atoms with Crippen molar-refractivity contribution >= 4 is 5.91 Å². The van der Waals surface area contributed by atoms with Gasteiger partial charge in [-0.1, -0.05) is 19.4 Å². The highest BCUT2D eigenvalue weighted by molar-refractivity contribution is 5.92. The molecule has 0 spiro atoms. The monoisotopic (exact) mass is 300 g/mol. The van der Waals surface area contributed by atoms with Gasteiger partial charge < -0.3 is 5.32 Å². The Labute approximate surface area is 131 Å². The molecule has 2 rings (SSSR count). The Balaban J connectivity index is 2.01. The summed E-state index contributed by atoms with van der Waals surface area (Å²) >= 11 is 0. The third-order valence-electron chi connectivity index (χ3n) is 3.66. The molecule has 0 aromatic carbocycles. The second-order valence-electron chi connectivity index (χ2n) is 5.74. The molecule has 0 bridgehead atoms. The van der Waals surface area contributed by atoms with Crippen LogP contribution in [0.3, 0.4) is 0 Å². The molecule has 1 atom stereocenters. The zero-order chi connectivity index (χ0) is 16.1. The fourth-order valence-corrected chi connectivity index (χ4v) is 2.49. The van der Waals surface area contributed by atoms with Crippen molar-refractivity contribution in [3.05, 3.63) is 47.0 Å². The molecule has 0 radical (unpaired) electrons. The average molecular weight is 300 g/mol. The number of aromatic nitrogens is 3. The molecule has 1 amide bonds. The van der Waals surface area contributed by atoms with Gasteiger partial charge in [0.2, 0.25) is 0 Å². The van der Waals surface area contributed by atoms with Crippen LogP contribution in [0.4, 0.5) is 0 Å². The molecule has 118 valence electrons. The minimum absolute atomic E-state index is 0.0191. The highest BCUT2D eigenvalue weighted by Gasteiger charge is 2.16. The quantitative estimate of drug-likeness (QED) is 0.891. The lowest BCUT2D eigenvalue weighted by Crippen LogP contribution is -2.35. The number of nitrogens with one attached hydrogen (secondary N) is 1. The number of nitrogens with zero attached hydrogens (tertiary/aromatic N) is 3. The van der Waals surface area contributed by atoms with E-state index in [1.165, 1.54) is 0 Å². The number of hydrogen-bond acceptors (Lipinski definition) is 3. The maximum absolute atomic E-state index is 12.4. The lowest BCUT2D eigenvalue weighted by Gasteiger charge is -2.14. The SMILES string of the molecule is CCCc1cc(C(=O)N[C@@H](C)Cc2ncccc2C)n(C)n1. The van der Waals surface area contributed by atoms with Crippen LogP contribution in [0.15, 0.2) is 24.4 Å². The predicted molar refractivity (Wildman–Crippen MR) is 86.8 cm³/mol. The third kappa shape index (κ3) is 3.93. The molecule has 0 saturated carbocycles. The Morgan fingerprint density at radius 2 is 2.23 bits per heavy atom. The summed E-state index contributed by atoms with van der Waals surface area (Å²) in [5.41, 5.74) is 3.73. The van der Waals surface area contributed by atoms with E-state index in [1.807, 2.05) is 39.1 Å². The first-order chi connectivity index (χ1) is 10.5. The van der Waals surface area contributed by atoms with Gasteiger partial charge in [-0.3, -0.25) is 14.5 Å². The summed E-state index contributed by atoms with van der Waals surface area (Å²) in [6.07, 6.45) is 4.42. The van der Waals surface area contributed by atoms with Crippen molar-refractivity contribution in [3.63, 3.8) is 0 Å². The van der Waals surface area contributed by atoms with E-state index in [0.29, 0.717) is 5.69 Å². The predicted octanol–water partition coefficient (Wildman–Crippen LogP) is 2.44. The molecule has 0 unspecified atom stereocenters. The standard InChI is InChI=1S/C17H24N4O/c1-5-7-14-11-16(21(4)20-14)17(22)19-13(3)10-15-12(2)8-6-9-18-15/h6,8-9,11,13H,5,7,10H2,1-4H3,(H,19,22)/t13-/m0/s1. The van der Waals surface area contributed by atoms with E-state index in [4.69, 9.17) is 0 Å². The Kier molecular flexibility index (Phi) is 5.31. The van der Waals surface area contributed by atoms with Crippen molar-refractivity contribution in [2.45, 2.75) is 46.1 Å². The molecule has 2 heterocycles. The highest BCUT2D eigenvalue weighted by atomic mass is 16.2. The molecular formula is C17H24N4O. The maximum Gasteiger partial charge on any atom is 0.269 e. The fraction of sp³-hybridized carbons (Fsp3) is 0.471. The lowest BCUT2D eigenvalue weighted by molar-refractivity contribution is 0.0930. The number of carbonyl (C=O) groups excluding carboxylic acids is 1. The topological polar surface area (TPSA) is 59.8 Å². The number of rotatable bonds is 6. The van der Waals surface area contributed by atoms with Gasteiger partial charge in [-0.05, 0) is 38.0 Å². The smallest absolute Gasteiger partial charge is 0.269 e. The fourth-order valence-electron chi connectivity index (χ4n) is 2.49. The molecule has 0 aliphatic rings. The maximum atomic E-state index is 12.4. The van der Waals surface area contributed by atoms with Crippen LogP contribution in [-0.4, -0.2) is 26.7 Å². The van der Waals surface area contributed by atoms with Crippen molar-refractivity contribution in [1.82, 2.24) is 20.1 Å². The van der Waals surface area contributed by atoms with E-state index >= 15 is 0 Å². The minimum Gasteiger partial charge on any atom is -0.348 e. The van der Waals surface area contributed by atoms with Gasteiger partial charge in [-0.15, -0.1) is 0 Å². The molecule has 2 aromatic rings. The molecule has 22 heavy (non-hydrogen) atoms. The number of pyridine rings is 1. The number of carbonyl (C=O) groups is 1. The van der Waals surface area contributed by atoms with Crippen molar-refractivity contribution in [3.8, 4) is 0 Å². The second-order valence-corrected chi connectivity index (χ2v) is 5.74. The zero-order valence-electron chi connectivity index (χ0n) is 13.8. The van der Waals surface area contributed by atoms with E-state index in [-0.39, 0.29) is 11.9 Å². The molecule has 0 fully saturated rings. The summed E-state index contributed by atoms with van der Waals surface area (Å²) in [5, 5.41) is 7.40. The Hall–Kier alpha value is -2.17. The van der Waals surface area contributed by atoms with Gasteiger partial charge >= 0.3 is 0 Å². The average Bonchev–Trinajstić information content (AvgIpc) is 2.83. The van der Waals surface area contributed by atoms with Crippen LogP contribution in [0.25, 0.3) is 0 Å². The highest BCUT2D eigenvalue weighted by Crippen LogP contribution is 2.09. The van der Waals surface area contributed by atoms with Crippen molar-refractivity contribution in [1.29, 1.82) is 0 Å². The normalized spacial score (nSPS) is 12.2. The van der Waals surface area contributed by atoms with E-state index in [9.17, 15) is 4.79 Å². The van der Waals surface area contributed by atoms with Crippen LogP contribution >= 0.6 is 0 Å². The largest absolute Gasteiger partial charge is 0.348 e. The first-order valence-electron chi connectivity index (χ1n) is 7.75. The minimum atomic E-state index is -0.0848. The number of hydrogen-bond donors (Lipinski definition) is 1. The summed E-state index contributed by atoms with van der Waals surface area (Å²) in [7, 11) is 1.81. The van der Waals surface area contributed by atoms with Gasteiger partial charge in [0.15, 0.2) is 0 Å². The molecule has 5 heteroatoms. The van der Waals surface area contributed by atoms with Crippen LogP contribution < -0.4 is 5.32 Å².